The lowest BCUT2D eigenvalue weighted by Gasteiger charge is -2.19. The average Bonchev–Trinajstić information content (AvgIpc) is 2.45. The third kappa shape index (κ3) is 7.02. The zero-order valence-electron chi connectivity index (χ0n) is 13.0. The van der Waals surface area contributed by atoms with Gasteiger partial charge >= 0.3 is 0 Å². The van der Waals surface area contributed by atoms with E-state index in [1.807, 2.05) is 0 Å². The van der Waals surface area contributed by atoms with Crippen LogP contribution in [0, 0.1) is 11.6 Å². The number of amides is 1. The minimum absolute atomic E-state index is 0.00193. The van der Waals surface area contributed by atoms with Gasteiger partial charge in [0.15, 0.2) is 11.6 Å². The van der Waals surface area contributed by atoms with Crippen LogP contribution >= 0.6 is 0 Å². The molecule has 0 unspecified atom stereocenters. The van der Waals surface area contributed by atoms with Crippen molar-refractivity contribution in [1.82, 2.24) is 4.31 Å². The van der Waals surface area contributed by atoms with Gasteiger partial charge in [-0.2, -0.15) is 0 Å². The molecule has 0 aliphatic heterocycles. The molecule has 1 aromatic rings. The average molecular weight is 350 g/mol. The van der Waals surface area contributed by atoms with Crippen LogP contribution in [0.4, 0.5) is 14.5 Å². The summed E-state index contributed by atoms with van der Waals surface area (Å²) in [5, 5.41) is 2.39. The first kappa shape index (κ1) is 19.5. The van der Waals surface area contributed by atoms with Crippen molar-refractivity contribution in [1.29, 1.82) is 0 Å². The van der Waals surface area contributed by atoms with E-state index in [1.165, 1.54) is 17.5 Å². The van der Waals surface area contributed by atoms with Gasteiger partial charge in [-0.25, -0.2) is 21.5 Å². The highest BCUT2D eigenvalue weighted by Crippen LogP contribution is 2.13. The van der Waals surface area contributed by atoms with Gasteiger partial charge in [-0.3, -0.25) is 4.79 Å². The standard InChI is InChI=1S/C14H20F2N2O4S/c1-22-9-3-7-18(23(2,20)21)8-6-14(19)17-11-4-5-12(15)13(16)10-11/h4-5,10H,3,6-9H2,1-2H3,(H,17,19). The summed E-state index contributed by atoms with van der Waals surface area (Å²) in [7, 11) is -1.92. The normalized spacial score (nSPS) is 11.7. The Hall–Kier alpha value is -1.58. The Morgan fingerprint density at radius 2 is 1.96 bits per heavy atom. The van der Waals surface area contributed by atoms with Gasteiger partial charge in [0.25, 0.3) is 0 Å². The maximum absolute atomic E-state index is 13.0. The van der Waals surface area contributed by atoms with E-state index in [-0.39, 0.29) is 25.2 Å². The van der Waals surface area contributed by atoms with Gasteiger partial charge in [-0.15, -0.1) is 0 Å². The molecule has 130 valence electrons. The number of hydrogen-bond donors (Lipinski definition) is 1. The van der Waals surface area contributed by atoms with Crippen LogP contribution in [0.15, 0.2) is 18.2 Å². The van der Waals surface area contributed by atoms with Gasteiger partial charge in [0, 0.05) is 45.0 Å². The number of halogens is 2. The van der Waals surface area contributed by atoms with Crippen molar-refractivity contribution >= 4 is 21.6 Å². The Labute approximate surface area is 134 Å². The van der Waals surface area contributed by atoms with E-state index < -0.39 is 27.6 Å². The van der Waals surface area contributed by atoms with Gasteiger partial charge in [-0.05, 0) is 18.6 Å². The van der Waals surface area contributed by atoms with Gasteiger partial charge in [0.05, 0.1) is 6.26 Å². The fraction of sp³-hybridized carbons (Fsp3) is 0.500. The van der Waals surface area contributed by atoms with E-state index in [2.05, 4.69) is 5.32 Å². The van der Waals surface area contributed by atoms with Crippen LogP contribution in [0.25, 0.3) is 0 Å². The van der Waals surface area contributed by atoms with Crippen molar-refractivity contribution in [2.24, 2.45) is 0 Å². The Bertz CT molecular complexity index is 638. The van der Waals surface area contributed by atoms with Crippen molar-refractivity contribution in [2.45, 2.75) is 12.8 Å². The van der Waals surface area contributed by atoms with Crippen molar-refractivity contribution in [3.8, 4) is 0 Å². The summed E-state index contributed by atoms with van der Waals surface area (Å²) < 4.78 is 55.2. The zero-order valence-corrected chi connectivity index (χ0v) is 13.8. The maximum atomic E-state index is 13.0. The fourth-order valence-electron chi connectivity index (χ4n) is 1.85. The molecule has 9 heteroatoms. The van der Waals surface area contributed by atoms with E-state index in [4.69, 9.17) is 4.74 Å². The number of methoxy groups -OCH3 is 1. The second-order valence-corrected chi connectivity index (χ2v) is 6.92. The first-order valence-electron chi connectivity index (χ1n) is 6.93. The molecule has 0 fully saturated rings. The number of nitrogens with one attached hydrogen (secondary N) is 1. The summed E-state index contributed by atoms with van der Waals surface area (Å²) >= 11 is 0. The summed E-state index contributed by atoms with van der Waals surface area (Å²) in [4.78, 5) is 11.8. The predicted octanol–water partition coefficient (Wildman–Crippen LogP) is 1.59. The van der Waals surface area contributed by atoms with Crippen molar-refractivity contribution in [2.75, 3.05) is 38.4 Å². The van der Waals surface area contributed by atoms with Crippen molar-refractivity contribution in [3.05, 3.63) is 29.8 Å². The smallest absolute Gasteiger partial charge is 0.225 e. The lowest BCUT2D eigenvalue weighted by Crippen LogP contribution is -2.34. The molecule has 0 aliphatic rings. The second kappa shape index (κ2) is 8.90. The lowest BCUT2D eigenvalue weighted by atomic mass is 10.3. The van der Waals surface area contributed by atoms with Crippen LogP contribution in [0.5, 0.6) is 0 Å². The molecule has 1 N–H and O–H groups in total. The van der Waals surface area contributed by atoms with Crippen LogP contribution in [0.2, 0.25) is 0 Å². The number of sulfonamides is 1. The van der Waals surface area contributed by atoms with E-state index in [0.717, 1.165) is 18.4 Å². The minimum Gasteiger partial charge on any atom is -0.385 e. The number of nitrogens with zero attached hydrogens (tertiary/aromatic N) is 1. The van der Waals surface area contributed by atoms with E-state index >= 15 is 0 Å². The van der Waals surface area contributed by atoms with Crippen LogP contribution in [-0.2, 0) is 19.6 Å². The van der Waals surface area contributed by atoms with Crippen LogP contribution < -0.4 is 5.32 Å². The molecule has 0 atom stereocenters. The molecule has 1 rings (SSSR count). The second-order valence-electron chi connectivity index (χ2n) is 4.94. The molecule has 0 radical (unpaired) electrons. The van der Waals surface area contributed by atoms with E-state index in [9.17, 15) is 22.0 Å². The number of anilines is 1. The third-order valence-corrected chi connectivity index (χ3v) is 4.32. The molecule has 0 bridgehead atoms. The zero-order chi connectivity index (χ0) is 17.5. The molecule has 6 nitrogen and oxygen atoms in total. The maximum Gasteiger partial charge on any atom is 0.225 e. The largest absolute Gasteiger partial charge is 0.385 e. The van der Waals surface area contributed by atoms with Gasteiger partial charge < -0.3 is 10.1 Å². The van der Waals surface area contributed by atoms with E-state index in [0.29, 0.717) is 13.0 Å². The number of carbonyl (C=O) groups excluding carboxylic acids is 1. The molecule has 0 aliphatic carbocycles. The highest BCUT2D eigenvalue weighted by atomic mass is 32.2. The highest BCUT2D eigenvalue weighted by molar-refractivity contribution is 7.88. The third-order valence-electron chi connectivity index (χ3n) is 3.02. The topological polar surface area (TPSA) is 75.7 Å². The fourth-order valence-corrected chi connectivity index (χ4v) is 2.74. The summed E-state index contributed by atoms with van der Waals surface area (Å²) in [6.07, 6.45) is 1.47. The highest BCUT2D eigenvalue weighted by Gasteiger charge is 2.17. The monoisotopic (exact) mass is 350 g/mol. The Morgan fingerprint density at radius 1 is 1.26 bits per heavy atom. The number of benzene rings is 1. The van der Waals surface area contributed by atoms with Crippen LogP contribution in [-0.4, -0.2) is 51.7 Å². The summed E-state index contributed by atoms with van der Waals surface area (Å²) in [6.45, 7) is 0.649. The first-order chi connectivity index (χ1) is 10.7. The summed E-state index contributed by atoms with van der Waals surface area (Å²) in [5.41, 5.74) is 0.110. The number of carbonyl (C=O) groups is 1. The molecule has 0 aromatic heterocycles. The molecule has 1 amide bonds. The number of hydrogen-bond acceptors (Lipinski definition) is 4. The predicted molar refractivity (Wildman–Crippen MR) is 82.5 cm³/mol. The SMILES string of the molecule is COCCCN(CCC(=O)Nc1ccc(F)c(F)c1)S(C)(=O)=O. The Morgan fingerprint density at radius 3 is 2.52 bits per heavy atom. The summed E-state index contributed by atoms with van der Waals surface area (Å²) in [5.74, 6) is -2.57. The molecule has 0 heterocycles. The number of rotatable bonds is 9. The Balaban J connectivity index is 2.55. The Kier molecular flexibility index (Phi) is 7.53. The summed E-state index contributed by atoms with van der Waals surface area (Å²) in [6, 6.07) is 2.99. The quantitative estimate of drug-likeness (QED) is 0.686. The molecular weight excluding hydrogens is 330 g/mol. The van der Waals surface area contributed by atoms with Gasteiger partial charge in [0.1, 0.15) is 0 Å². The van der Waals surface area contributed by atoms with Gasteiger partial charge in [-0.1, -0.05) is 0 Å². The number of ether oxygens (including phenoxy) is 1. The minimum atomic E-state index is -3.44. The van der Waals surface area contributed by atoms with E-state index in [1.54, 1.807) is 0 Å². The van der Waals surface area contributed by atoms with Crippen molar-refractivity contribution in [3.63, 3.8) is 0 Å². The molecule has 23 heavy (non-hydrogen) atoms. The molecule has 0 spiro atoms. The lowest BCUT2D eigenvalue weighted by molar-refractivity contribution is -0.116. The van der Waals surface area contributed by atoms with Crippen LogP contribution in [0.3, 0.4) is 0 Å². The molecule has 1 aromatic carbocycles. The van der Waals surface area contributed by atoms with Gasteiger partial charge in [0.2, 0.25) is 15.9 Å². The van der Waals surface area contributed by atoms with Crippen molar-refractivity contribution < 1.29 is 26.7 Å². The van der Waals surface area contributed by atoms with Crippen LogP contribution in [0.1, 0.15) is 12.8 Å². The molecule has 0 saturated carbocycles. The molecule has 0 saturated heterocycles. The first-order valence-corrected chi connectivity index (χ1v) is 8.78. The molecular formula is C14H20F2N2O4S.